The lowest BCUT2D eigenvalue weighted by atomic mass is 10.1. The predicted octanol–water partition coefficient (Wildman–Crippen LogP) is 5.51. The van der Waals surface area contributed by atoms with E-state index < -0.39 is 12.8 Å². The molecule has 0 saturated heterocycles. The number of aromatic amines is 1. The summed E-state index contributed by atoms with van der Waals surface area (Å²) in [6.45, 7) is -1.46. The Morgan fingerprint density at radius 2 is 1.56 bits per heavy atom. The maximum Gasteiger partial charge on any atom is 0.422 e. The van der Waals surface area contributed by atoms with Crippen LogP contribution in [0.5, 0.6) is 23.0 Å². The molecule has 5 rings (SSSR count). The van der Waals surface area contributed by atoms with Crippen LogP contribution >= 0.6 is 0 Å². The lowest BCUT2D eigenvalue weighted by Gasteiger charge is -2.14. The fourth-order valence-corrected chi connectivity index (χ4v) is 4.03. The number of nitrogens with one attached hydrogen (secondary N) is 1. The largest absolute Gasteiger partial charge is 0.493 e. The minimum Gasteiger partial charge on any atom is -0.493 e. The zero-order valence-electron chi connectivity index (χ0n) is 19.5. The maximum atomic E-state index is 13.0. The number of aromatic nitrogens is 4. The van der Waals surface area contributed by atoms with Crippen molar-refractivity contribution in [1.82, 2.24) is 19.6 Å². The molecule has 0 saturated carbocycles. The smallest absolute Gasteiger partial charge is 0.422 e. The first-order valence-electron chi connectivity index (χ1n) is 10.8. The molecule has 3 aromatic heterocycles. The second-order valence-corrected chi connectivity index (χ2v) is 7.91. The highest BCUT2D eigenvalue weighted by Gasteiger charge is 2.29. The molecular formula is C25H21F3N4O4. The zero-order chi connectivity index (χ0) is 25.4. The first kappa shape index (κ1) is 23.3. The van der Waals surface area contributed by atoms with Crippen LogP contribution in [-0.2, 0) is 0 Å². The number of nitrogens with zero attached hydrogens (tertiary/aromatic N) is 3. The number of halogens is 3. The third kappa shape index (κ3) is 4.23. The maximum absolute atomic E-state index is 13.0. The van der Waals surface area contributed by atoms with Crippen LogP contribution in [0, 0.1) is 0 Å². The summed E-state index contributed by atoms with van der Waals surface area (Å²) < 4.78 is 62.0. The van der Waals surface area contributed by atoms with Gasteiger partial charge in [-0.2, -0.15) is 13.2 Å². The van der Waals surface area contributed by atoms with E-state index in [1.807, 2.05) is 30.5 Å². The van der Waals surface area contributed by atoms with Gasteiger partial charge in [0.15, 0.2) is 29.7 Å². The highest BCUT2D eigenvalue weighted by atomic mass is 19.4. The molecule has 5 aromatic rings. The third-order valence-corrected chi connectivity index (χ3v) is 5.67. The quantitative estimate of drug-likeness (QED) is 0.319. The van der Waals surface area contributed by atoms with Gasteiger partial charge >= 0.3 is 6.18 Å². The van der Waals surface area contributed by atoms with Crippen LogP contribution in [0.15, 0.2) is 54.9 Å². The van der Waals surface area contributed by atoms with E-state index in [1.165, 1.54) is 27.4 Å². The van der Waals surface area contributed by atoms with Crippen LogP contribution in [0.2, 0.25) is 0 Å². The molecule has 8 nitrogen and oxygen atoms in total. The summed E-state index contributed by atoms with van der Waals surface area (Å²) in [5, 5.41) is 9.33. The van der Waals surface area contributed by atoms with Crippen molar-refractivity contribution in [3.05, 3.63) is 54.9 Å². The Hall–Kier alpha value is -4.41. The van der Waals surface area contributed by atoms with Crippen molar-refractivity contribution in [3.63, 3.8) is 0 Å². The van der Waals surface area contributed by atoms with Gasteiger partial charge in [-0.3, -0.25) is 4.40 Å². The van der Waals surface area contributed by atoms with Gasteiger partial charge in [0, 0.05) is 29.0 Å². The van der Waals surface area contributed by atoms with Crippen molar-refractivity contribution in [2.75, 3.05) is 27.9 Å². The minimum atomic E-state index is -4.52. The van der Waals surface area contributed by atoms with E-state index in [0.29, 0.717) is 34.2 Å². The molecule has 0 aliphatic rings. The Bertz CT molecular complexity index is 1530. The molecule has 0 spiro atoms. The monoisotopic (exact) mass is 498 g/mol. The fourth-order valence-electron chi connectivity index (χ4n) is 4.03. The highest BCUT2D eigenvalue weighted by molar-refractivity contribution is 5.85. The van der Waals surface area contributed by atoms with E-state index >= 15 is 0 Å². The van der Waals surface area contributed by atoms with Gasteiger partial charge in [-0.25, -0.2) is 0 Å². The lowest BCUT2D eigenvalue weighted by molar-refractivity contribution is -0.153. The molecule has 186 valence electrons. The Morgan fingerprint density at radius 3 is 2.22 bits per heavy atom. The fraction of sp³-hybridized carbons (Fsp3) is 0.200. The zero-order valence-corrected chi connectivity index (χ0v) is 19.5. The second kappa shape index (κ2) is 8.99. The van der Waals surface area contributed by atoms with E-state index in [2.05, 4.69) is 15.2 Å². The summed E-state index contributed by atoms with van der Waals surface area (Å²) in [7, 11) is 4.47. The molecule has 0 aliphatic carbocycles. The van der Waals surface area contributed by atoms with Crippen LogP contribution in [0.4, 0.5) is 13.2 Å². The summed E-state index contributed by atoms with van der Waals surface area (Å²) in [6, 6.07) is 12.5. The molecule has 1 N–H and O–H groups in total. The lowest BCUT2D eigenvalue weighted by Crippen LogP contribution is -2.19. The van der Waals surface area contributed by atoms with Crippen molar-refractivity contribution in [2.45, 2.75) is 6.18 Å². The molecule has 0 atom stereocenters. The summed E-state index contributed by atoms with van der Waals surface area (Å²) in [4.78, 5) is 3.12. The molecule has 0 amide bonds. The van der Waals surface area contributed by atoms with Crippen LogP contribution in [0.1, 0.15) is 0 Å². The summed E-state index contributed by atoms with van der Waals surface area (Å²) in [5.74, 6) is 1.49. The van der Waals surface area contributed by atoms with Crippen LogP contribution in [-0.4, -0.2) is 53.7 Å². The van der Waals surface area contributed by atoms with E-state index in [4.69, 9.17) is 18.9 Å². The predicted molar refractivity (Wildman–Crippen MR) is 127 cm³/mol. The van der Waals surface area contributed by atoms with Crippen LogP contribution in [0.3, 0.4) is 0 Å². The third-order valence-electron chi connectivity index (χ3n) is 5.67. The second-order valence-electron chi connectivity index (χ2n) is 7.91. The number of benzene rings is 2. The minimum absolute atomic E-state index is 0.0508. The average molecular weight is 498 g/mol. The molecule has 0 radical (unpaired) electrons. The number of alkyl halides is 3. The highest BCUT2D eigenvalue weighted by Crippen LogP contribution is 2.41. The van der Waals surface area contributed by atoms with Gasteiger partial charge in [-0.1, -0.05) is 6.07 Å². The van der Waals surface area contributed by atoms with Gasteiger partial charge in [-0.15, -0.1) is 10.2 Å². The number of ether oxygens (including phenoxy) is 4. The van der Waals surface area contributed by atoms with Gasteiger partial charge in [-0.05, 0) is 47.3 Å². The Balaban J connectivity index is 1.71. The molecule has 0 aliphatic heterocycles. The molecule has 36 heavy (non-hydrogen) atoms. The number of methoxy groups -OCH3 is 3. The first-order chi connectivity index (χ1) is 17.3. The van der Waals surface area contributed by atoms with Crippen molar-refractivity contribution in [1.29, 1.82) is 0 Å². The SMILES string of the molecule is COc1cc(-c2nnc3c(OCC(F)(F)F)cc(-c4ccc5[nH]ccc5c4)cn23)cc(OC)c1OC. The van der Waals surface area contributed by atoms with Crippen LogP contribution in [0.25, 0.3) is 39.1 Å². The van der Waals surface area contributed by atoms with Gasteiger partial charge in [0.2, 0.25) is 11.4 Å². The number of fused-ring (bicyclic) bond motifs is 2. The standard InChI is InChI=1S/C25H21F3N4O4/c1-33-19-9-16(10-20(34-2)22(19)35-3)23-30-31-24-21(36-13-25(26,27)28)11-17(12-32(23)24)14-4-5-18-15(8-14)6-7-29-18/h4-12,29H,13H2,1-3H3. The van der Waals surface area contributed by atoms with Gasteiger partial charge < -0.3 is 23.9 Å². The van der Waals surface area contributed by atoms with Crippen molar-refractivity contribution in [2.24, 2.45) is 0 Å². The van der Waals surface area contributed by atoms with E-state index in [9.17, 15) is 13.2 Å². The van der Waals surface area contributed by atoms with Gasteiger partial charge in [0.1, 0.15) is 0 Å². The van der Waals surface area contributed by atoms with Crippen molar-refractivity contribution < 1.29 is 32.1 Å². The molecule has 2 aromatic carbocycles. The first-order valence-corrected chi connectivity index (χ1v) is 10.8. The topological polar surface area (TPSA) is 82.9 Å². The Kier molecular flexibility index (Phi) is 5.83. The van der Waals surface area contributed by atoms with E-state index in [1.54, 1.807) is 22.7 Å². The average Bonchev–Trinajstić information content (AvgIpc) is 3.52. The summed E-state index contributed by atoms with van der Waals surface area (Å²) >= 11 is 0. The molecular weight excluding hydrogens is 477 g/mol. The van der Waals surface area contributed by atoms with Crippen LogP contribution < -0.4 is 18.9 Å². The molecule has 0 bridgehead atoms. The number of rotatable bonds is 7. The summed E-state index contributed by atoms with van der Waals surface area (Å²) in [6.07, 6.45) is -0.948. The van der Waals surface area contributed by atoms with Crippen molar-refractivity contribution >= 4 is 16.6 Å². The number of hydrogen-bond donors (Lipinski definition) is 1. The van der Waals surface area contributed by atoms with E-state index in [-0.39, 0.29) is 11.4 Å². The summed E-state index contributed by atoms with van der Waals surface area (Å²) in [5.41, 5.74) is 3.03. The molecule has 3 heterocycles. The Morgan fingerprint density at radius 1 is 0.833 bits per heavy atom. The molecule has 11 heteroatoms. The number of H-pyrrole nitrogens is 1. The molecule has 0 fully saturated rings. The number of hydrogen-bond acceptors (Lipinski definition) is 6. The van der Waals surface area contributed by atoms with Gasteiger partial charge in [0.25, 0.3) is 0 Å². The molecule has 0 unspecified atom stereocenters. The van der Waals surface area contributed by atoms with E-state index in [0.717, 1.165) is 16.5 Å². The normalized spacial score (nSPS) is 11.7. The van der Waals surface area contributed by atoms with Crippen molar-refractivity contribution in [3.8, 4) is 45.5 Å². The van der Waals surface area contributed by atoms with Gasteiger partial charge in [0.05, 0.1) is 21.3 Å². The number of pyridine rings is 1. The Labute approximate surface area is 203 Å².